The Hall–Kier alpha value is -2.71. The first kappa shape index (κ1) is 15.7. The van der Waals surface area contributed by atoms with Crippen molar-refractivity contribution in [2.75, 3.05) is 7.11 Å². The van der Waals surface area contributed by atoms with Crippen molar-refractivity contribution in [3.63, 3.8) is 0 Å². The second kappa shape index (κ2) is 5.58. The average molecular weight is 319 g/mol. The molecule has 0 unspecified atom stereocenters. The molecule has 0 aliphatic heterocycles. The van der Waals surface area contributed by atoms with Crippen LogP contribution in [-0.2, 0) is 0 Å². The molecule has 0 aliphatic rings. The Balaban J connectivity index is 2.84. The van der Waals surface area contributed by atoms with Gasteiger partial charge in [-0.2, -0.15) is 0 Å². The molecule has 2 aromatic carbocycles. The van der Waals surface area contributed by atoms with Crippen LogP contribution in [0.4, 0.5) is 27.6 Å². The van der Waals surface area contributed by atoms with Gasteiger partial charge in [0, 0.05) is 23.8 Å². The molecule has 0 radical (unpaired) electrons. The zero-order valence-electron chi connectivity index (χ0n) is 10.8. The summed E-state index contributed by atoms with van der Waals surface area (Å²) in [6, 6.07) is 0.883. The summed E-state index contributed by atoms with van der Waals surface area (Å²) < 4.78 is 72.2. The van der Waals surface area contributed by atoms with Gasteiger partial charge in [-0.1, -0.05) is 0 Å². The third-order valence-corrected chi connectivity index (χ3v) is 2.85. The molecule has 0 N–H and O–H groups in total. The topological polar surface area (TPSA) is 52.4 Å². The number of nitro benzene ring substituents is 1. The van der Waals surface area contributed by atoms with Crippen LogP contribution >= 0.6 is 0 Å². The van der Waals surface area contributed by atoms with E-state index >= 15 is 0 Å². The van der Waals surface area contributed by atoms with E-state index < -0.39 is 56.6 Å². The van der Waals surface area contributed by atoms with Gasteiger partial charge in [-0.25, -0.2) is 22.0 Å². The zero-order chi connectivity index (χ0) is 16.6. The fourth-order valence-electron chi connectivity index (χ4n) is 1.85. The third kappa shape index (κ3) is 2.45. The predicted octanol–water partition coefficient (Wildman–Crippen LogP) is 3.97. The lowest BCUT2D eigenvalue weighted by Gasteiger charge is -2.10. The number of hydrogen-bond acceptors (Lipinski definition) is 3. The molecule has 0 spiro atoms. The van der Waals surface area contributed by atoms with E-state index in [4.69, 9.17) is 0 Å². The molecule has 0 saturated heterocycles. The van der Waals surface area contributed by atoms with E-state index in [1.807, 2.05) is 0 Å². The molecule has 0 aromatic heterocycles. The number of rotatable bonds is 3. The van der Waals surface area contributed by atoms with Crippen molar-refractivity contribution in [2.24, 2.45) is 0 Å². The largest absolute Gasteiger partial charge is 0.490 e. The second-order valence-electron chi connectivity index (χ2n) is 4.10. The van der Waals surface area contributed by atoms with Crippen LogP contribution < -0.4 is 4.74 Å². The van der Waals surface area contributed by atoms with E-state index in [1.54, 1.807) is 0 Å². The fraction of sp³-hybridized carbons (Fsp3) is 0.0769. The standard InChI is InChI=1S/C13H6F5NO3/c1-22-10-4-6(14)5(2-9(10)19(20)21)11-12(17)7(15)3-8(16)13(11)18/h2-4H,1H3. The molecular formula is C13H6F5NO3. The van der Waals surface area contributed by atoms with Crippen LogP contribution in [0.2, 0.25) is 0 Å². The number of nitrogens with zero attached hydrogens (tertiary/aromatic N) is 1. The molecule has 0 atom stereocenters. The first-order valence-electron chi connectivity index (χ1n) is 5.63. The van der Waals surface area contributed by atoms with Crippen LogP contribution in [0.15, 0.2) is 18.2 Å². The molecule has 0 saturated carbocycles. The summed E-state index contributed by atoms with van der Waals surface area (Å²) >= 11 is 0. The van der Waals surface area contributed by atoms with Crippen LogP contribution in [0.25, 0.3) is 11.1 Å². The minimum Gasteiger partial charge on any atom is -0.490 e. The maximum atomic E-state index is 13.9. The summed E-state index contributed by atoms with van der Waals surface area (Å²) in [5.74, 6) is -9.10. The van der Waals surface area contributed by atoms with E-state index in [0.29, 0.717) is 12.1 Å². The number of hydrogen-bond donors (Lipinski definition) is 0. The quantitative estimate of drug-likeness (QED) is 0.372. The molecule has 2 aromatic rings. The minimum absolute atomic E-state index is 0.0516. The maximum Gasteiger partial charge on any atom is 0.311 e. The zero-order valence-corrected chi connectivity index (χ0v) is 10.8. The highest BCUT2D eigenvalue weighted by Gasteiger charge is 2.27. The molecule has 2 rings (SSSR count). The Labute approximate surface area is 119 Å². The maximum absolute atomic E-state index is 13.9. The van der Waals surface area contributed by atoms with E-state index in [1.165, 1.54) is 0 Å². The van der Waals surface area contributed by atoms with Crippen LogP contribution in [0, 0.1) is 39.2 Å². The summed E-state index contributed by atoms with van der Waals surface area (Å²) in [7, 11) is 1.02. The van der Waals surface area contributed by atoms with Crippen molar-refractivity contribution in [3.8, 4) is 16.9 Å². The highest BCUT2D eigenvalue weighted by molar-refractivity contribution is 5.71. The molecule has 22 heavy (non-hydrogen) atoms. The molecule has 0 aliphatic carbocycles. The lowest BCUT2D eigenvalue weighted by molar-refractivity contribution is -0.385. The van der Waals surface area contributed by atoms with E-state index in [-0.39, 0.29) is 6.07 Å². The van der Waals surface area contributed by atoms with Gasteiger partial charge in [-0.3, -0.25) is 10.1 Å². The van der Waals surface area contributed by atoms with Gasteiger partial charge >= 0.3 is 5.69 Å². The molecule has 116 valence electrons. The lowest BCUT2D eigenvalue weighted by atomic mass is 10.0. The van der Waals surface area contributed by atoms with Crippen molar-refractivity contribution < 1.29 is 31.6 Å². The Morgan fingerprint density at radius 3 is 1.95 bits per heavy atom. The second-order valence-corrected chi connectivity index (χ2v) is 4.10. The number of halogens is 5. The van der Waals surface area contributed by atoms with E-state index in [2.05, 4.69) is 4.74 Å². The van der Waals surface area contributed by atoms with Gasteiger partial charge in [0.05, 0.1) is 17.6 Å². The van der Waals surface area contributed by atoms with Crippen molar-refractivity contribution in [2.45, 2.75) is 0 Å². The van der Waals surface area contributed by atoms with Gasteiger partial charge in [0.1, 0.15) is 5.82 Å². The van der Waals surface area contributed by atoms with Crippen LogP contribution in [0.3, 0.4) is 0 Å². The van der Waals surface area contributed by atoms with Crippen LogP contribution in [-0.4, -0.2) is 12.0 Å². The number of methoxy groups -OCH3 is 1. The summed E-state index contributed by atoms with van der Waals surface area (Å²) in [5, 5.41) is 10.8. The molecule has 0 bridgehead atoms. The molecule has 9 heteroatoms. The normalized spacial score (nSPS) is 10.6. The van der Waals surface area contributed by atoms with Gasteiger partial charge in [-0.05, 0) is 0 Å². The fourth-order valence-corrected chi connectivity index (χ4v) is 1.85. The van der Waals surface area contributed by atoms with E-state index in [9.17, 15) is 32.1 Å². The Morgan fingerprint density at radius 1 is 0.955 bits per heavy atom. The Morgan fingerprint density at radius 2 is 1.50 bits per heavy atom. The van der Waals surface area contributed by atoms with Crippen molar-refractivity contribution >= 4 is 5.69 Å². The number of benzene rings is 2. The van der Waals surface area contributed by atoms with Gasteiger partial charge in [-0.15, -0.1) is 0 Å². The molecule has 0 fully saturated rings. The highest BCUT2D eigenvalue weighted by atomic mass is 19.2. The van der Waals surface area contributed by atoms with Crippen LogP contribution in [0.1, 0.15) is 0 Å². The van der Waals surface area contributed by atoms with E-state index in [0.717, 1.165) is 7.11 Å². The van der Waals surface area contributed by atoms with Gasteiger partial charge in [0.15, 0.2) is 29.0 Å². The molecule has 4 nitrogen and oxygen atoms in total. The minimum atomic E-state index is -1.86. The van der Waals surface area contributed by atoms with Crippen molar-refractivity contribution in [1.82, 2.24) is 0 Å². The van der Waals surface area contributed by atoms with Gasteiger partial charge in [0.25, 0.3) is 0 Å². The summed E-state index contributed by atoms with van der Waals surface area (Å²) in [5.41, 5.74) is -3.19. The SMILES string of the molecule is COc1cc(F)c(-c2c(F)c(F)cc(F)c2F)cc1[N+](=O)[O-]. The lowest BCUT2D eigenvalue weighted by Crippen LogP contribution is -2.02. The predicted molar refractivity (Wildman–Crippen MR) is 64.9 cm³/mol. The van der Waals surface area contributed by atoms with Gasteiger partial charge < -0.3 is 4.74 Å². The Kier molecular flexibility index (Phi) is 3.98. The molecular weight excluding hydrogens is 313 g/mol. The van der Waals surface area contributed by atoms with Crippen molar-refractivity contribution in [3.05, 3.63) is 57.4 Å². The third-order valence-electron chi connectivity index (χ3n) is 2.85. The summed E-state index contributed by atoms with van der Waals surface area (Å²) in [4.78, 5) is 9.85. The average Bonchev–Trinajstić information content (AvgIpc) is 2.46. The summed E-state index contributed by atoms with van der Waals surface area (Å²) in [6.07, 6.45) is 0. The van der Waals surface area contributed by atoms with Crippen LogP contribution in [0.5, 0.6) is 5.75 Å². The number of ether oxygens (including phenoxy) is 1. The smallest absolute Gasteiger partial charge is 0.311 e. The number of nitro groups is 1. The van der Waals surface area contributed by atoms with Gasteiger partial charge in [0.2, 0.25) is 0 Å². The first-order valence-corrected chi connectivity index (χ1v) is 5.63. The first-order chi connectivity index (χ1) is 10.3. The molecule has 0 amide bonds. The molecule has 0 heterocycles. The monoisotopic (exact) mass is 319 g/mol. The highest BCUT2D eigenvalue weighted by Crippen LogP contribution is 2.37. The van der Waals surface area contributed by atoms with Crippen molar-refractivity contribution in [1.29, 1.82) is 0 Å². The Bertz CT molecular complexity index is 753. The summed E-state index contributed by atoms with van der Waals surface area (Å²) in [6.45, 7) is 0.